The summed E-state index contributed by atoms with van der Waals surface area (Å²) in [6.45, 7) is 8.10. The Labute approximate surface area is 121 Å². The van der Waals surface area contributed by atoms with E-state index in [1.807, 2.05) is 19.9 Å². The summed E-state index contributed by atoms with van der Waals surface area (Å²) >= 11 is 0. The van der Waals surface area contributed by atoms with E-state index in [2.05, 4.69) is 27.5 Å². The van der Waals surface area contributed by atoms with Gasteiger partial charge in [-0.05, 0) is 20.3 Å². The van der Waals surface area contributed by atoms with E-state index in [0.29, 0.717) is 19.0 Å². The zero-order valence-electron chi connectivity index (χ0n) is 13.1. The third-order valence-electron chi connectivity index (χ3n) is 2.85. The summed E-state index contributed by atoms with van der Waals surface area (Å²) in [6.07, 6.45) is 1.04. The molecule has 1 heterocycles. The molecule has 6 heteroatoms. The van der Waals surface area contributed by atoms with Crippen molar-refractivity contribution in [3.8, 4) is 0 Å². The Kier molecular flexibility index (Phi) is 6.67. The van der Waals surface area contributed by atoms with Gasteiger partial charge in [-0.3, -0.25) is 0 Å². The lowest BCUT2D eigenvalue weighted by Gasteiger charge is -2.23. The van der Waals surface area contributed by atoms with Crippen molar-refractivity contribution in [2.75, 3.05) is 37.9 Å². The average Bonchev–Trinajstić information content (AvgIpc) is 2.43. The summed E-state index contributed by atoms with van der Waals surface area (Å²) in [5.41, 5.74) is -0.247. The quantitative estimate of drug-likeness (QED) is 0.724. The average molecular weight is 282 g/mol. The molecule has 6 nitrogen and oxygen atoms in total. The number of methoxy groups -OCH3 is 2. The van der Waals surface area contributed by atoms with Crippen LogP contribution in [-0.2, 0) is 16.1 Å². The van der Waals surface area contributed by atoms with Crippen LogP contribution in [0.3, 0.4) is 0 Å². The van der Waals surface area contributed by atoms with E-state index >= 15 is 0 Å². The molecule has 0 aromatic carbocycles. The van der Waals surface area contributed by atoms with E-state index < -0.39 is 0 Å². The monoisotopic (exact) mass is 282 g/mol. The van der Waals surface area contributed by atoms with Crippen LogP contribution in [0.1, 0.15) is 33.0 Å². The number of anilines is 2. The highest BCUT2D eigenvalue weighted by atomic mass is 16.5. The van der Waals surface area contributed by atoms with Gasteiger partial charge in [0.2, 0.25) is 0 Å². The molecule has 0 fully saturated rings. The van der Waals surface area contributed by atoms with Gasteiger partial charge in [0.25, 0.3) is 0 Å². The Morgan fingerprint density at radius 2 is 1.80 bits per heavy atom. The van der Waals surface area contributed by atoms with Crippen molar-refractivity contribution in [3.05, 3.63) is 11.9 Å². The summed E-state index contributed by atoms with van der Waals surface area (Å²) in [5, 5.41) is 6.55. The molecular weight excluding hydrogens is 256 g/mol. The molecule has 0 spiro atoms. The SMILES string of the molecule is CCCNc1cc(NCC(C)(C)OC)nc(COC)n1. The van der Waals surface area contributed by atoms with Gasteiger partial charge in [0.05, 0.1) is 5.60 Å². The van der Waals surface area contributed by atoms with Crippen molar-refractivity contribution in [1.29, 1.82) is 0 Å². The Morgan fingerprint density at radius 3 is 2.35 bits per heavy atom. The number of ether oxygens (including phenoxy) is 2. The molecule has 0 saturated heterocycles. The minimum atomic E-state index is -0.247. The molecule has 0 aliphatic heterocycles. The minimum absolute atomic E-state index is 0.247. The van der Waals surface area contributed by atoms with E-state index in [1.165, 1.54) is 0 Å². The molecule has 20 heavy (non-hydrogen) atoms. The zero-order valence-corrected chi connectivity index (χ0v) is 13.1. The number of aromatic nitrogens is 2. The summed E-state index contributed by atoms with van der Waals surface area (Å²) in [5.74, 6) is 2.24. The molecule has 0 radical (unpaired) electrons. The maximum atomic E-state index is 5.39. The fraction of sp³-hybridized carbons (Fsp3) is 0.714. The van der Waals surface area contributed by atoms with Crippen LogP contribution in [0.5, 0.6) is 0 Å². The van der Waals surface area contributed by atoms with Gasteiger partial charge in [0, 0.05) is 33.4 Å². The second-order valence-electron chi connectivity index (χ2n) is 5.23. The van der Waals surface area contributed by atoms with Gasteiger partial charge in [-0.15, -0.1) is 0 Å². The Balaban J connectivity index is 2.79. The first-order valence-electron chi connectivity index (χ1n) is 6.90. The normalized spacial score (nSPS) is 11.4. The van der Waals surface area contributed by atoms with Crippen LogP contribution >= 0.6 is 0 Å². The topological polar surface area (TPSA) is 68.3 Å². The second-order valence-corrected chi connectivity index (χ2v) is 5.23. The van der Waals surface area contributed by atoms with Gasteiger partial charge in [0.15, 0.2) is 5.82 Å². The van der Waals surface area contributed by atoms with Crippen molar-refractivity contribution in [1.82, 2.24) is 9.97 Å². The predicted octanol–water partition coefficient (Wildman–Crippen LogP) is 2.28. The highest BCUT2D eigenvalue weighted by Crippen LogP contribution is 2.14. The van der Waals surface area contributed by atoms with Crippen LogP contribution in [0.2, 0.25) is 0 Å². The highest BCUT2D eigenvalue weighted by Gasteiger charge is 2.16. The summed E-state index contributed by atoms with van der Waals surface area (Å²) in [6, 6.07) is 1.90. The molecule has 0 atom stereocenters. The minimum Gasteiger partial charge on any atom is -0.377 e. The van der Waals surface area contributed by atoms with Crippen LogP contribution in [0, 0.1) is 0 Å². The Hall–Kier alpha value is -1.40. The zero-order chi connectivity index (χ0) is 15.0. The second kappa shape index (κ2) is 8.01. The van der Waals surface area contributed by atoms with Crippen LogP contribution < -0.4 is 10.6 Å². The van der Waals surface area contributed by atoms with Crippen molar-refractivity contribution in [2.45, 2.75) is 39.4 Å². The fourth-order valence-corrected chi connectivity index (χ4v) is 1.50. The lowest BCUT2D eigenvalue weighted by Crippen LogP contribution is -2.32. The van der Waals surface area contributed by atoms with Crippen LogP contribution in [0.4, 0.5) is 11.6 Å². The molecule has 0 amide bonds. The van der Waals surface area contributed by atoms with Crippen LogP contribution in [0.25, 0.3) is 0 Å². The number of rotatable bonds is 9. The van der Waals surface area contributed by atoms with Crippen molar-refractivity contribution in [2.24, 2.45) is 0 Å². The fourth-order valence-electron chi connectivity index (χ4n) is 1.50. The molecule has 1 aromatic rings. The number of hydrogen-bond donors (Lipinski definition) is 2. The molecule has 0 aliphatic carbocycles. The van der Waals surface area contributed by atoms with E-state index in [-0.39, 0.29) is 5.60 Å². The standard InChI is InChI=1S/C14H26N4O2/c1-6-7-15-11-8-12(16-10-14(2,3)20-5)18-13(17-11)9-19-4/h8H,6-7,9-10H2,1-5H3,(H2,15,16,17,18). The van der Waals surface area contributed by atoms with Crippen LogP contribution in [-0.4, -0.2) is 42.9 Å². The van der Waals surface area contributed by atoms with Gasteiger partial charge in [-0.2, -0.15) is 0 Å². The molecule has 1 rings (SSSR count). The van der Waals surface area contributed by atoms with E-state index in [1.54, 1.807) is 14.2 Å². The number of nitrogens with one attached hydrogen (secondary N) is 2. The van der Waals surface area contributed by atoms with E-state index in [0.717, 1.165) is 24.6 Å². The smallest absolute Gasteiger partial charge is 0.158 e. The first-order valence-corrected chi connectivity index (χ1v) is 6.90. The maximum absolute atomic E-state index is 5.39. The maximum Gasteiger partial charge on any atom is 0.158 e. The molecule has 0 unspecified atom stereocenters. The molecule has 2 N–H and O–H groups in total. The van der Waals surface area contributed by atoms with Crippen LogP contribution in [0.15, 0.2) is 6.07 Å². The summed E-state index contributed by atoms with van der Waals surface area (Å²) < 4.78 is 10.5. The number of nitrogens with zero attached hydrogens (tertiary/aromatic N) is 2. The Bertz CT molecular complexity index is 410. The number of hydrogen-bond acceptors (Lipinski definition) is 6. The molecule has 0 aliphatic rings. The third-order valence-corrected chi connectivity index (χ3v) is 2.85. The molecule has 0 saturated carbocycles. The first kappa shape index (κ1) is 16.7. The summed E-state index contributed by atoms with van der Waals surface area (Å²) in [4.78, 5) is 8.83. The predicted molar refractivity (Wildman–Crippen MR) is 81.1 cm³/mol. The van der Waals surface area contributed by atoms with Gasteiger partial charge >= 0.3 is 0 Å². The first-order chi connectivity index (χ1) is 9.50. The van der Waals surface area contributed by atoms with Gasteiger partial charge in [0.1, 0.15) is 18.2 Å². The van der Waals surface area contributed by atoms with Crippen molar-refractivity contribution < 1.29 is 9.47 Å². The third kappa shape index (κ3) is 5.71. The summed E-state index contributed by atoms with van der Waals surface area (Å²) in [7, 11) is 3.34. The van der Waals surface area contributed by atoms with Crippen molar-refractivity contribution in [3.63, 3.8) is 0 Å². The molecular formula is C14H26N4O2. The van der Waals surface area contributed by atoms with Gasteiger partial charge in [-0.1, -0.05) is 6.92 Å². The largest absolute Gasteiger partial charge is 0.377 e. The van der Waals surface area contributed by atoms with E-state index in [4.69, 9.17) is 9.47 Å². The van der Waals surface area contributed by atoms with Gasteiger partial charge < -0.3 is 20.1 Å². The van der Waals surface area contributed by atoms with Gasteiger partial charge in [-0.25, -0.2) is 9.97 Å². The molecule has 0 bridgehead atoms. The molecule has 1 aromatic heterocycles. The Morgan fingerprint density at radius 1 is 1.15 bits per heavy atom. The highest BCUT2D eigenvalue weighted by molar-refractivity contribution is 5.47. The molecule has 114 valence electrons. The van der Waals surface area contributed by atoms with Crippen molar-refractivity contribution >= 4 is 11.6 Å². The lowest BCUT2D eigenvalue weighted by atomic mass is 10.1. The van der Waals surface area contributed by atoms with E-state index in [9.17, 15) is 0 Å². The lowest BCUT2D eigenvalue weighted by molar-refractivity contribution is 0.0343.